The van der Waals surface area contributed by atoms with Crippen molar-refractivity contribution in [1.29, 1.82) is 0 Å². The van der Waals surface area contributed by atoms with Gasteiger partial charge in [-0.1, -0.05) is 46.7 Å². The van der Waals surface area contributed by atoms with Crippen LogP contribution in [0.3, 0.4) is 0 Å². The molecule has 0 bridgehead atoms. The molecule has 2 rings (SSSR count). The molecule has 0 amide bonds. The van der Waals surface area contributed by atoms with Crippen LogP contribution in [0.4, 0.5) is 4.39 Å². The molecule has 148 valence electrons. The van der Waals surface area contributed by atoms with Gasteiger partial charge < -0.3 is 14.4 Å². The highest BCUT2D eigenvalue weighted by Crippen LogP contribution is 2.19. The van der Waals surface area contributed by atoms with Crippen molar-refractivity contribution < 1.29 is 23.6 Å². The van der Waals surface area contributed by atoms with Crippen molar-refractivity contribution in [3.05, 3.63) is 70.0 Å². The predicted octanol–water partition coefficient (Wildman–Crippen LogP) is 3.91. The molecule has 0 fully saturated rings. The minimum atomic E-state index is -0.629. The molecule has 0 aromatic heterocycles. The Hall–Kier alpha value is -3.22. The molecule has 0 spiro atoms. The number of rotatable bonds is 7. The van der Waals surface area contributed by atoms with Crippen LogP contribution in [0.2, 0.25) is 0 Å². The van der Waals surface area contributed by atoms with Crippen LogP contribution in [0.1, 0.15) is 34.7 Å². The van der Waals surface area contributed by atoms with Gasteiger partial charge in [0.15, 0.2) is 5.71 Å². The van der Waals surface area contributed by atoms with Crippen LogP contribution in [-0.2, 0) is 25.8 Å². The Bertz CT molecular complexity index is 923. The maximum absolute atomic E-state index is 14.2. The summed E-state index contributed by atoms with van der Waals surface area (Å²) in [5.74, 6) is -0.959. The standard InChI is InChI=1S/C21H23FN2O4/c1-13-8-6-11-17(20(24-27-5)21(25)26-4)18(13)12-28-23-15(3)16-10-7-9-14(2)19(16)22/h6-11H,12H2,1-5H3/b23-15+,24-20+. The molecule has 0 aliphatic rings. The predicted molar refractivity (Wildman–Crippen MR) is 105 cm³/mol. The molecular weight excluding hydrogens is 363 g/mol. The lowest BCUT2D eigenvalue weighted by Gasteiger charge is -2.12. The lowest BCUT2D eigenvalue weighted by molar-refractivity contribution is -0.132. The minimum Gasteiger partial charge on any atom is -0.464 e. The second-order valence-corrected chi connectivity index (χ2v) is 6.10. The van der Waals surface area contributed by atoms with Crippen LogP contribution in [0.15, 0.2) is 46.7 Å². The van der Waals surface area contributed by atoms with Gasteiger partial charge >= 0.3 is 5.97 Å². The molecule has 6 nitrogen and oxygen atoms in total. The largest absolute Gasteiger partial charge is 0.464 e. The number of halogens is 1. The first-order valence-corrected chi connectivity index (χ1v) is 8.61. The number of hydrogen-bond donors (Lipinski definition) is 0. The topological polar surface area (TPSA) is 69.5 Å². The summed E-state index contributed by atoms with van der Waals surface area (Å²) in [6, 6.07) is 10.5. The molecule has 0 atom stereocenters. The normalized spacial score (nSPS) is 11.9. The summed E-state index contributed by atoms with van der Waals surface area (Å²) in [7, 11) is 2.61. The third-order valence-electron chi connectivity index (χ3n) is 4.22. The average molecular weight is 386 g/mol. The fraction of sp³-hybridized carbons (Fsp3) is 0.286. The molecule has 0 radical (unpaired) electrons. The van der Waals surface area contributed by atoms with E-state index in [1.54, 1.807) is 44.2 Å². The zero-order valence-corrected chi connectivity index (χ0v) is 16.6. The summed E-state index contributed by atoms with van der Waals surface area (Å²) >= 11 is 0. The van der Waals surface area contributed by atoms with Crippen LogP contribution < -0.4 is 0 Å². The van der Waals surface area contributed by atoms with Crippen molar-refractivity contribution in [2.75, 3.05) is 14.2 Å². The molecule has 0 heterocycles. The summed E-state index contributed by atoms with van der Waals surface area (Å²) < 4.78 is 19.0. The molecule has 0 N–H and O–H groups in total. The van der Waals surface area contributed by atoms with E-state index in [-0.39, 0.29) is 18.1 Å². The third-order valence-corrected chi connectivity index (χ3v) is 4.22. The summed E-state index contributed by atoms with van der Waals surface area (Å²) in [6.45, 7) is 5.30. The monoisotopic (exact) mass is 386 g/mol. The van der Waals surface area contributed by atoms with Crippen molar-refractivity contribution >= 4 is 17.4 Å². The number of methoxy groups -OCH3 is 1. The SMILES string of the molecule is CO/N=C(/C(=O)OC)c1cccc(C)c1CO/N=C(\C)c1cccc(C)c1F. The van der Waals surface area contributed by atoms with Gasteiger partial charge in [0, 0.05) is 16.7 Å². The molecule has 0 saturated carbocycles. The number of oxime groups is 2. The number of carbonyl (C=O) groups is 1. The van der Waals surface area contributed by atoms with Gasteiger partial charge in [-0.15, -0.1) is 0 Å². The van der Waals surface area contributed by atoms with Gasteiger partial charge in [-0.2, -0.15) is 0 Å². The fourth-order valence-electron chi connectivity index (χ4n) is 2.67. The van der Waals surface area contributed by atoms with E-state index in [9.17, 15) is 9.18 Å². The first-order valence-electron chi connectivity index (χ1n) is 8.61. The first-order chi connectivity index (χ1) is 13.4. The van der Waals surface area contributed by atoms with E-state index < -0.39 is 5.97 Å². The molecule has 0 aliphatic carbocycles. The van der Waals surface area contributed by atoms with Crippen LogP contribution in [0.25, 0.3) is 0 Å². The molecule has 2 aromatic rings. The number of ether oxygens (including phenoxy) is 1. The highest BCUT2D eigenvalue weighted by Gasteiger charge is 2.20. The van der Waals surface area contributed by atoms with E-state index in [0.29, 0.717) is 28.0 Å². The van der Waals surface area contributed by atoms with E-state index in [1.165, 1.54) is 14.2 Å². The molecule has 0 saturated heterocycles. The zero-order valence-electron chi connectivity index (χ0n) is 16.6. The maximum Gasteiger partial charge on any atom is 0.360 e. The van der Waals surface area contributed by atoms with Gasteiger partial charge in [0.05, 0.1) is 12.8 Å². The first kappa shape index (κ1) is 21.1. The van der Waals surface area contributed by atoms with E-state index >= 15 is 0 Å². The highest BCUT2D eigenvalue weighted by atomic mass is 19.1. The summed E-state index contributed by atoms with van der Waals surface area (Å²) in [5.41, 5.74) is 3.44. The van der Waals surface area contributed by atoms with Crippen molar-refractivity contribution in [3.63, 3.8) is 0 Å². The zero-order chi connectivity index (χ0) is 20.7. The van der Waals surface area contributed by atoms with Crippen LogP contribution in [0.5, 0.6) is 0 Å². The number of benzene rings is 2. The van der Waals surface area contributed by atoms with Crippen molar-refractivity contribution in [2.45, 2.75) is 27.4 Å². The van der Waals surface area contributed by atoms with Gasteiger partial charge in [0.2, 0.25) is 0 Å². The number of hydrogen-bond acceptors (Lipinski definition) is 6. The molecule has 7 heteroatoms. The van der Waals surface area contributed by atoms with Gasteiger partial charge in [0.25, 0.3) is 0 Å². The van der Waals surface area contributed by atoms with Crippen LogP contribution in [-0.4, -0.2) is 31.6 Å². The molecule has 0 unspecified atom stereocenters. The van der Waals surface area contributed by atoms with E-state index in [0.717, 1.165) is 5.56 Å². The number of esters is 1. The van der Waals surface area contributed by atoms with E-state index in [1.807, 2.05) is 13.0 Å². The van der Waals surface area contributed by atoms with Crippen molar-refractivity contribution in [3.8, 4) is 0 Å². The second kappa shape index (κ2) is 9.64. The Morgan fingerprint density at radius 2 is 1.64 bits per heavy atom. The van der Waals surface area contributed by atoms with Gasteiger partial charge in [-0.25, -0.2) is 9.18 Å². The summed E-state index contributed by atoms with van der Waals surface area (Å²) in [5, 5.41) is 7.81. The van der Waals surface area contributed by atoms with E-state index in [2.05, 4.69) is 10.3 Å². The smallest absolute Gasteiger partial charge is 0.360 e. The van der Waals surface area contributed by atoms with Gasteiger partial charge in [-0.05, 0) is 31.9 Å². The summed E-state index contributed by atoms with van der Waals surface area (Å²) in [4.78, 5) is 22.3. The molecular formula is C21H23FN2O4. The minimum absolute atomic E-state index is 0.0257. The molecule has 0 aliphatic heterocycles. The average Bonchev–Trinajstić information content (AvgIpc) is 2.68. The number of nitrogens with zero attached hydrogens (tertiary/aromatic N) is 2. The van der Waals surface area contributed by atoms with Crippen molar-refractivity contribution in [2.24, 2.45) is 10.3 Å². The Labute approximate surface area is 163 Å². The van der Waals surface area contributed by atoms with Crippen molar-refractivity contribution in [1.82, 2.24) is 0 Å². The second-order valence-electron chi connectivity index (χ2n) is 6.10. The van der Waals surface area contributed by atoms with E-state index in [4.69, 9.17) is 14.4 Å². The Balaban J connectivity index is 2.31. The third kappa shape index (κ3) is 4.73. The Kier molecular flexibility index (Phi) is 7.26. The Morgan fingerprint density at radius 1 is 1.00 bits per heavy atom. The lowest BCUT2D eigenvalue weighted by Crippen LogP contribution is -2.20. The maximum atomic E-state index is 14.2. The lowest BCUT2D eigenvalue weighted by atomic mass is 9.99. The number of carbonyl (C=O) groups excluding carboxylic acids is 1. The molecule has 28 heavy (non-hydrogen) atoms. The Morgan fingerprint density at radius 3 is 2.29 bits per heavy atom. The number of aryl methyl sites for hydroxylation is 2. The van der Waals surface area contributed by atoms with Gasteiger partial charge in [0.1, 0.15) is 19.5 Å². The quantitative estimate of drug-likeness (QED) is 0.411. The van der Waals surface area contributed by atoms with Gasteiger partial charge in [-0.3, -0.25) is 0 Å². The highest BCUT2D eigenvalue weighted by molar-refractivity contribution is 6.43. The fourth-order valence-corrected chi connectivity index (χ4v) is 2.67. The van der Waals surface area contributed by atoms with Crippen LogP contribution >= 0.6 is 0 Å². The molecule has 2 aromatic carbocycles. The summed E-state index contributed by atoms with van der Waals surface area (Å²) in [6.07, 6.45) is 0. The van der Waals surface area contributed by atoms with Crippen LogP contribution in [0, 0.1) is 19.7 Å².